The molecular formula is C69H92N14O15. The highest BCUT2D eigenvalue weighted by Gasteiger charge is 2.30. The number of hydrogen-bond acceptors (Lipinski definition) is 18. The second-order valence-electron chi connectivity index (χ2n) is 23.5. The number of ether oxygens (including phenoxy) is 1. The molecule has 1 fully saturated rings. The first-order valence-electron chi connectivity index (χ1n) is 32.8. The number of carboxylic acid groups (broad SMARTS) is 3. The van der Waals surface area contributed by atoms with Crippen molar-refractivity contribution in [2.75, 3.05) is 111 Å². The first-order chi connectivity index (χ1) is 47.2. The van der Waals surface area contributed by atoms with Gasteiger partial charge in [-0.15, -0.1) is 0 Å². The molecule has 5 aromatic carbocycles. The summed E-state index contributed by atoms with van der Waals surface area (Å²) in [5.74, 6) is -5.81. The largest absolute Gasteiger partial charge is 0.508 e. The van der Waals surface area contributed by atoms with E-state index in [1.165, 1.54) is 12.1 Å². The van der Waals surface area contributed by atoms with Crippen molar-refractivity contribution >= 4 is 76.5 Å². The van der Waals surface area contributed by atoms with Gasteiger partial charge in [-0.2, -0.15) is 0 Å². The van der Waals surface area contributed by atoms with Crippen LogP contribution in [0.1, 0.15) is 73.6 Å². The lowest BCUT2D eigenvalue weighted by Gasteiger charge is -2.35. The molecule has 0 aromatic heterocycles. The molecule has 0 bridgehead atoms. The van der Waals surface area contributed by atoms with Crippen LogP contribution in [0, 0.1) is 0 Å². The van der Waals surface area contributed by atoms with Crippen LogP contribution in [0.4, 0.5) is 4.79 Å². The summed E-state index contributed by atoms with van der Waals surface area (Å²) in [5, 5.41) is 63.1. The zero-order valence-electron chi connectivity index (χ0n) is 55.2. The number of fused-ring (bicyclic) bond motifs is 1. The number of phenols is 1. The maximum Gasteiger partial charge on any atom is 0.321 e. The van der Waals surface area contributed by atoms with Crippen molar-refractivity contribution in [3.8, 4) is 11.5 Å². The highest BCUT2D eigenvalue weighted by Crippen LogP contribution is 2.29. The van der Waals surface area contributed by atoms with Crippen LogP contribution in [0.2, 0.25) is 0 Å². The second-order valence-corrected chi connectivity index (χ2v) is 23.5. The highest BCUT2D eigenvalue weighted by molar-refractivity contribution is 5.95. The number of aromatic hydroxyl groups is 1. The van der Waals surface area contributed by atoms with E-state index in [4.69, 9.17) is 10.5 Å². The molecule has 0 aliphatic carbocycles. The number of carbonyl (C=O) groups excluding carboxylic acids is 7. The van der Waals surface area contributed by atoms with Crippen molar-refractivity contribution in [3.63, 3.8) is 0 Å². The Kier molecular flexibility index (Phi) is 32.8. The third-order valence-electron chi connectivity index (χ3n) is 16.1. The van der Waals surface area contributed by atoms with E-state index in [-0.39, 0.29) is 161 Å². The molecule has 1 saturated heterocycles. The number of aldehydes is 1. The van der Waals surface area contributed by atoms with Gasteiger partial charge in [0.1, 0.15) is 29.7 Å². The number of nitrogens with zero attached hydrogens (tertiary/aromatic N) is 5. The number of guanidine groups is 1. The third kappa shape index (κ3) is 28.3. The summed E-state index contributed by atoms with van der Waals surface area (Å²) in [4.78, 5) is 139. The molecule has 4 atom stereocenters. The van der Waals surface area contributed by atoms with Gasteiger partial charge in [-0.25, -0.2) is 4.79 Å². The smallest absolute Gasteiger partial charge is 0.321 e. The van der Waals surface area contributed by atoms with Crippen molar-refractivity contribution in [1.29, 1.82) is 0 Å². The van der Waals surface area contributed by atoms with Crippen molar-refractivity contribution < 1.29 is 73.1 Å². The molecule has 1 unspecified atom stereocenters. The van der Waals surface area contributed by atoms with Gasteiger partial charge in [0.2, 0.25) is 29.5 Å². The summed E-state index contributed by atoms with van der Waals surface area (Å²) in [5.41, 5.74) is 8.70. The minimum atomic E-state index is -1.09. The van der Waals surface area contributed by atoms with Crippen LogP contribution in [0.5, 0.6) is 11.5 Å². The average molecular weight is 1360 g/mol. The summed E-state index contributed by atoms with van der Waals surface area (Å²) in [7, 11) is 0. The van der Waals surface area contributed by atoms with Crippen molar-refractivity contribution in [2.45, 2.75) is 82.6 Å². The Morgan fingerprint density at radius 1 is 0.582 bits per heavy atom. The van der Waals surface area contributed by atoms with Gasteiger partial charge >= 0.3 is 23.9 Å². The van der Waals surface area contributed by atoms with E-state index in [2.05, 4.69) is 47.5 Å². The molecule has 29 nitrogen and oxygen atoms in total. The SMILES string of the molecule is CCC(=O)NCCNC(=O)NC(N)=NCCC[C@@H](NC(=O)[C@@H](c1ccccc1)c1cccc(OCCCCNC(=O)[C@@H](Cc2ccc3ccccc3c2)NC(=O)CCNC(C=O)N2CCN(CC(=O)O)CCN(CC(=O)O)CCN(CC(=O)O)CC2)c1)C(=O)NCc1ccc(O)cc1. The number of unbranched alkanes of at least 4 members (excludes halogenated alkanes) is 1. The zero-order chi connectivity index (χ0) is 70.6. The first-order valence-corrected chi connectivity index (χ1v) is 32.8. The molecule has 1 aliphatic rings. The van der Waals surface area contributed by atoms with E-state index < -0.39 is 71.7 Å². The average Bonchev–Trinajstić information content (AvgIpc) is 0.834. The predicted molar refractivity (Wildman–Crippen MR) is 366 cm³/mol. The van der Waals surface area contributed by atoms with E-state index in [1.54, 1.807) is 75.1 Å². The lowest BCUT2D eigenvalue weighted by molar-refractivity contribution is -0.140. The number of aliphatic imine (C=N–C) groups is 1. The minimum Gasteiger partial charge on any atom is -0.508 e. The van der Waals surface area contributed by atoms with E-state index in [0.717, 1.165) is 16.3 Å². The Bertz CT molecular complexity index is 3420. The summed E-state index contributed by atoms with van der Waals surface area (Å²) in [6, 6.07) is 33.3. The maximum absolute atomic E-state index is 14.6. The molecule has 6 rings (SSSR count). The quantitative estimate of drug-likeness (QED) is 0.0116. The van der Waals surface area contributed by atoms with Crippen LogP contribution in [0.25, 0.3) is 10.8 Å². The van der Waals surface area contributed by atoms with E-state index in [9.17, 15) is 68.4 Å². The molecule has 1 aliphatic heterocycles. The molecule has 29 heteroatoms. The lowest BCUT2D eigenvalue weighted by atomic mass is 9.90. The minimum absolute atomic E-state index is 0.00721. The number of nitrogens with two attached hydrogens (primary N) is 1. The van der Waals surface area contributed by atoms with Gasteiger partial charge in [-0.1, -0.05) is 104 Å². The number of phenolic OH excluding ortho intramolecular Hbond substituents is 1. The normalized spacial score (nSPS) is 14.9. The van der Waals surface area contributed by atoms with Crippen molar-refractivity contribution in [3.05, 3.63) is 144 Å². The molecule has 7 amide bonds. The molecule has 1 heterocycles. The number of benzene rings is 5. The highest BCUT2D eigenvalue weighted by atomic mass is 16.5. The number of aliphatic carboxylic acids is 3. The summed E-state index contributed by atoms with van der Waals surface area (Å²) in [6.07, 6.45) is 1.38. The van der Waals surface area contributed by atoms with Crippen LogP contribution in [-0.2, 0) is 56.1 Å². The summed E-state index contributed by atoms with van der Waals surface area (Å²) < 4.78 is 6.22. The Hall–Kier alpha value is -10.1. The molecular weight excluding hydrogens is 1260 g/mol. The number of rotatable bonds is 37. The monoisotopic (exact) mass is 1360 g/mol. The molecule has 528 valence electrons. The molecule has 14 N–H and O–H groups in total. The summed E-state index contributed by atoms with van der Waals surface area (Å²) >= 11 is 0. The number of amides is 7. The molecule has 0 radical (unpaired) electrons. The predicted octanol–water partition coefficient (Wildman–Crippen LogP) is 1.38. The zero-order valence-corrected chi connectivity index (χ0v) is 55.2. The van der Waals surface area contributed by atoms with Gasteiger partial charge in [-0.3, -0.25) is 73.6 Å². The number of carboxylic acids is 3. The molecule has 0 saturated carbocycles. The number of urea groups is 1. The Balaban J connectivity index is 1.06. The van der Waals surface area contributed by atoms with Crippen molar-refractivity contribution in [2.24, 2.45) is 10.7 Å². The second kappa shape index (κ2) is 41.8. The fourth-order valence-electron chi connectivity index (χ4n) is 10.9. The van der Waals surface area contributed by atoms with Crippen molar-refractivity contribution in [1.82, 2.24) is 62.1 Å². The lowest BCUT2D eigenvalue weighted by Crippen LogP contribution is -2.54. The van der Waals surface area contributed by atoms with Gasteiger partial charge in [-0.05, 0) is 83.0 Å². The number of hydrogen-bond donors (Lipinski definition) is 13. The van der Waals surface area contributed by atoms with Gasteiger partial charge in [0.05, 0.1) is 32.2 Å². The first kappa shape index (κ1) is 76.9. The fraction of sp³-hybridized carbons (Fsp3) is 0.435. The van der Waals surface area contributed by atoms with E-state index in [1.807, 2.05) is 60.7 Å². The number of nitrogens with one attached hydrogen (secondary N) is 8. The van der Waals surface area contributed by atoms with Crippen LogP contribution < -0.4 is 53.0 Å². The maximum atomic E-state index is 14.6. The van der Waals surface area contributed by atoms with Crippen LogP contribution in [-0.4, -0.2) is 235 Å². The third-order valence-corrected chi connectivity index (χ3v) is 16.1. The van der Waals surface area contributed by atoms with Gasteiger partial charge in [0.15, 0.2) is 12.2 Å². The Labute approximate surface area is 569 Å². The van der Waals surface area contributed by atoms with E-state index in [0.29, 0.717) is 48.0 Å². The summed E-state index contributed by atoms with van der Waals surface area (Å²) in [6.45, 7) is 3.25. The van der Waals surface area contributed by atoms with Crippen LogP contribution in [0.15, 0.2) is 126 Å². The van der Waals surface area contributed by atoms with Crippen LogP contribution in [0.3, 0.4) is 0 Å². The standard InChI is InChI=1S/C69H92N14O15/c1-2-59(86)72-29-30-75-69(97)79-68(70)74-27-11-18-56(65(94)76-43-48-20-23-54(85)24-21-48)78-67(96)64(51-13-4-3-5-14-51)53-16-10-17-55(42-53)98-39-9-8-26-73-66(95)57(41-49-19-22-50-12-6-7-15-52(50)40-49)77-60(87)25-28-71-58(47-84)83-37-35-81(45-62(90)91)33-31-80(44-61(88)89)32-34-82(36-38-83)46-63(92)93/h3-7,10,12-17,19-24,40,42,47,56-58,64,71,85H,2,8-9,11,18,25-39,41,43-46H2,1H3,(H,72,86)(H,73,95)(H,76,94)(H,77,87)(H,78,96)(H,88,89)(H,90,91)(H,92,93)(H4,70,74,75,79,97)/t56-,57-,58?,64+/m1/s1. The Morgan fingerprint density at radius 2 is 1.18 bits per heavy atom. The molecule has 0 spiro atoms. The van der Waals surface area contributed by atoms with E-state index >= 15 is 0 Å². The number of carbonyl (C=O) groups is 10. The molecule has 5 aromatic rings. The van der Waals surface area contributed by atoms with Gasteiger partial charge < -0.3 is 67.6 Å². The van der Waals surface area contributed by atoms with Gasteiger partial charge in [0, 0.05) is 111 Å². The van der Waals surface area contributed by atoms with Gasteiger partial charge in [0.25, 0.3) is 0 Å². The topological polar surface area (TPSA) is 408 Å². The molecule has 98 heavy (non-hydrogen) atoms. The van der Waals surface area contributed by atoms with Crippen LogP contribution >= 0.6 is 0 Å². The fourth-order valence-corrected chi connectivity index (χ4v) is 10.9. The Morgan fingerprint density at radius 3 is 1.83 bits per heavy atom.